The van der Waals surface area contributed by atoms with E-state index in [-0.39, 0.29) is 0 Å². The second-order valence-corrected chi connectivity index (χ2v) is 4.26. The third-order valence-electron chi connectivity index (χ3n) is 2.70. The smallest absolute Gasteiger partial charge is 0.416 e. The third kappa shape index (κ3) is 3.81. The summed E-state index contributed by atoms with van der Waals surface area (Å²) in [7, 11) is 0. The van der Waals surface area contributed by atoms with Crippen molar-refractivity contribution >= 4 is 5.69 Å². The Morgan fingerprint density at radius 3 is 2.19 bits per heavy atom. The molecule has 0 amide bonds. The van der Waals surface area contributed by atoms with Crippen LogP contribution in [0.1, 0.15) is 12.5 Å². The lowest BCUT2D eigenvalue weighted by atomic mass is 10.2. The van der Waals surface area contributed by atoms with Gasteiger partial charge in [-0.25, -0.2) is 0 Å². The maximum atomic E-state index is 12.5. The quantitative estimate of drug-likeness (QED) is 0.846. The SMILES string of the molecule is CCOc1cc(Oc2ccc(C(F)(F)F)cc2)ccc1N. The average molecular weight is 297 g/mol. The minimum absolute atomic E-state index is 0.301. The molecule has 2 N–H and O–H groups in total. The molecule has 0 aromatic heterocycles. The fraction of sp³-hybridized carbons (Fsp3) is 0.200. The molecule has 0 atom stereocenters. The molecule has 0 saturated heterocycles. The van der Waals surface area contributed by atoms with Gasteiger partial charge in [-0.3, -0.25) is 0 Å². The van der Waals surface area contributed by atoms with Crippen LogP contribution in [0, 0.1) is 0 Å². The van der Waals surface area contributed by atoms with E-state index in [1.165, 1.54) is 12.1 Å². The fourth-order valence-electron chi connectivity index (χ4n) is 1.71. The van der Waals surface area contributed by atoms with Crippen molar-refractivity contribution in [1.82, 2.24) is 0 Å². The lowest BCUT2D eigenvalue weighted by Crippen LogP contribution is -2.04. The summed E-state index contributed by atoms with van der Waals surface area (Å²) < 4.78 is 48.2. The van der Waals surface area contributed by atoms with Gasteiger partial charge in [0, 0.05) is 6.07 Å². The van der Waals surface area contributed by atoms with Crippen LogP contribution < -0.4 is 15.2 Å². The zero-order valence-corrected chi connectivity index (χ0v) is 11.3. The molecular formula is C15H14F3NO2. The molecule has 21 heavy (non-hydrogen) atoms. The van der Waals surface area contributed by atoms with Crippen LogP contribution in [0.15, 0.2) is 42.5 Å². The molecule has 3 nitrogen and oxygen atoms in total. The molecule has 112 valence electrons. The Hall–Kier alpha value is -2.37. The lowest BCUT2D eigenvalue weighted by molar-refractivity contribution is -0.137. The fourth-order valence-corrected chi connectivity index (χ4v) is 1.71. The Morgan fingerprint density at radius 1 is 1.00 bits per heavy atom. The van der Waals surface area contributed by atoms with Gasteiger partial charge in [-0.2, -0.15) is 13.2 Å². The summed E-state index contributed by atoms with van der Waals surface area (Å²) in [6.45, 7) is 2.27. The van der Waals surface area contributed by atoms with Gasteiger partial charge < -0.3 is 15.2 Å². The summed E-state index contributed by atoms with van der Waals surface area (Å²) in [5, 5.41) is 0. The minimum atomic E-state index is -4.36. The van der Waals surface area contributed by atoms with E-state index in [0.29, 0.717) is 29.5 Å². The van der Waals surface area contributed by atoms with E-state index in [0.717, 1.165) is 12.1 Å². The standard InChI is InChI=1S/C15H14F3NO2/c1-2-20-14-9-12(7-8-13(14)19)21-11-5-3-10(4-6-11)15(16,17)18/h3-9H,2,19H2,1H3. The second kappa shape index (κ2) is 5.95. The Labute approximate surface area is 120 Å². The van der Waals surface area contributed by atoms with Crippen LogP contribution in [-0.2, 0) is 6.18 Å². The van der Waals surface area contributed by atoms with Gasteiger partial charge in [0.2, 0.25) is 0 Å². The summed E-state index contributed by atoms with van der Waals surface area (Å²) >= 11 is 0. The number of halogens is 3. The summed E-state index contributed by atoms with van der Waals surface area (Å²) in [4.78, 5) is 0. The van der Waals surface area contributed by atoms with E-state index in [1.54, 1.807) is 18.2 Å². The number of anilines is 1. The van der Waals surface area contributed by atoms with Crippen molar-refractivity contribution in [2.24, 2.45) is 0 Å². The molecule has 2 rings (SSSR count). The van der Waals surface area contributed by atoms with E-state index in [9.17, 15) is 13.2 Å². The summed E-state index contributed by atoms with van der Waals surface area (Å²) in [5.74, 6) is 1.21. The van der Waals surface area contributed by atoms with Gasteiger partial charge >= 0.3 is 6.18 Å². The zero-order chi connectivity index (χ0) is 15.5. The van der Waals surface area contributed by atoms with Crippen molar-refractivity contribution in [3.63, 3.8) is 0 Å². The molecule has 0 unspecified atom stereocenters. The number of benzene rings is 2. The first-order chi connectivity index (χ1) is 9.90. The molecule has 2 aromatic rings. The van der Waals surface area contributed by atoms with Gasteiger partial charge in [0.25, 0.3) is 0 Å². The highest BCUT2D eigenvalue weighted by atomic mass is 19.4. The minimum Gasteiger partial charge on any atom is -0.492 e. The van der Waals surface area contributed by atoms with Gasteiger partial charge in [-0.1, -0.05) is 0 Å². The van der Waals surface area contributed by atoms with Crippen LogP contribution in [0.4, 0.5) is 18.9 Å². The molecule has 0 spiro atoms. The first-order valence-electron chi connectivity index (χ1n) is 6.27. The molecule has 0 bridgehead atoms. The summed E-state index contributed by atoms with van der Waals surface area (Å²) in [6, 6.07) is 9.29. The molecule has 0 heterocycles. The maximum absolute atomic E-state index is 12.5. The Morgan fingerprint density at radius 2 is 1.62 bits per heavy atom. The molecule has 0 radical (unpaired) electrons. The largest absolute Gasteiger partial charge is 0.492 e. The van der Waals surface area contributed by atoms with E-state index in [1.807, 2.05) is 6.92 Å². The van der Waals surface area contributed by atoms with E-state index in [2.05, 4.69) is 0 Å². The van der Waals surface area contributed by atoms with Crippen molar-refractivity contribution in [3.8, 4) is 17.2 Å². The van der Waals surface area contributed by atoms with Crippen molar-refractivity contribution in [2.75, 3.05) is 12.3 Å². The van der Waals surface area contributed by atoms with Gasteiger partial charge in [0.05, 0.1) is 17.9 Å². The Kier molecular flexibility index (Phi) is 4.26. The number of nitrogens with two attached hydrogens (primary N) is 1. The van der Waals surface area contributed by atoms with Crippen molar-refractivity contribution in [2.45, 2.75) is 13.1 Å². The molecule has 0 aliphatic carbocycles. The number of nitrogen functional groups attached to an aromatic ring is 1. The Balaban J connectivity index is 2.16. The first kappa shape index (κ1) is 15.0. The van der Waals surface area contributed by atoms with Crippen LogP contribution in [0.5, 0.6) is 17.2 Å². The molecule has 6 heteroatoms. The van der Waals surface area contributed by atoms with Gasteiger partial charge in [0.15, 0.2) is 0 Å². The molecule has 0 fully saturated rings. The van der Waals surface area contributed by atoms with Crippen LogP contribution in [0.25, 0.3) is 0 Å². The molecule has 0 aliphatic rings. The van der Waals surface area contributed by atoms with Gasteiger partial charge in [-0.05, 0) is 43.3 Å². The number of alkyl halides is 3. The predicted molar refractivity (Wildman–Crippen MR) is 73.5 cm³/mol. The van der Waals surface area contributed by atoms with E-state index in [4.69, 9.17) is 15.2 Å². The van der Waals surface area contributed by atoms with Crippen LogP contribution >= 0.6 is 0 Å². The number of hydrogen-bond donors (Lipinski definition) is 1. The zero-order valence-electron chi connectivity index (χ0n) is 11.3. The number of rotatable bonds is 4. The monoisotopic (exact) mass is 297 g/mol. The molecule has 0 aliphatic heterocycles. The highest BCUT2D eigenvalue weighted by molar-refractivity contribution is 5.56. The molecular weight excluding hydrogens is 283 g/mol. The van der Waals surface area contributed by atoms with Crippen molar-refractivity contribution in [1.29, 1.82) is 0 Å². The highest BCUT2D eigenvalue weighted by Gasteiger charge is 2.30. The third-order valence-corrected chi connectivity index (χ3v) is 2.70. The first-order valence-corrected chi connectivity index (χ1v) is 6.27. The van der Waals surface area contributed by atoms with Crippen LogP contribution in [0.2, 0.25) is 0 Å². The number of hydrogen-bond acceptors (Lipinski definition) is 3. The predicted octanol–water partition coefficient (Wildman–Crippen LogP) is 4.48. The topological polar surface area (TPSA) is 44.5 Å². The molecule has 2 aromatic carbocycles. The normalized spacial score (nSPS) is 11.2. The summed E-state index contributed by atoms with van der Waals surface area (Å²) in [6.07, 6.45) is -4.36. The van der Waals surface area contributed by atoms with E-state index < -0.39 is 11.7 Å². The maximum Gasteiger partial charge on any atom is 0.416 e. The van der Waals surface area contributed by atoms with Crippen molar-refractivity contribution < 1.29 is 22.6 Å². The Bertz CT molecular complexity index is 609. The highest BCUT2D eigenvalue weighted by Crippen LogP contribution is 2.33. The molecule has 0 saturated carbocycles. The van der Waals surface area contributed by atoms with E-state index >= 15 is 0 Å². The lowest BCUT2D eigenvalue weighted by Gasteiger charge is -2.11. The van der Waals surface area contributed by atoms with Crippen LogP contribution in [-0.4, -0.2) is 6.61 Å². The van der Waals surface area contributed by atoms with Gasteiger partial charge in [0.1, 0.15) is 17.2 Å². The van der Waals surface area contributed by atoms with Crippen molar-refractivity contribution in [3.05, 3.63) is 48.0 Å². The van der Waals surface area contributed by atoms with Crippen LogP contribution in [0.3, 0.4) is 0 Å². The average Bonchev–Trinajstić information content (AvgIpc) is 2.42. The summed E-state index contributed by atoms with van der Waals surface area (Å²) in [5.41, 5.74) is 5.48. The second-order valence-electron chi connectivity index (χ2n) is 4.26. The number of ether oxygens (including phenoxy) is 2. The van der Waals surface area contributed by atoms with Gasteiger partial charge in [-0.15, -0.1) is 0 Å².